The smallest absolute Gasteiger partial charge is 0.263 e. The van der Waals surface area contributed by atoms with E-state index in [0.29, 0.717) is 16.6 Å². The fraction of sp³-hybridized carbons (Fsp3) is 0.100. The summed E-state index contributed by atoms with van der Waals surface area (Å²) in [7, 11) is 0. The summed E-state index contributed by atoms with van der Waals surface area (Å²) in [6, 6.07) is 18.4. The Morgan fingerprint density at radius 2 is 1.92 bits per heavy atom. The first-order valence-electron chi connectivity index (χ1n) is 8.07. The molecule has 0 spiro atoms. The number of carbonyl (C=O) groups excluding carboxylic acids is 1. The number of halogens is 1. The Kier molecular flexibility index (Phi) is 5.71. The minimum absolute atomic E-state index is 0.0760. The molecule has 6 heteroatoms. The Hall–Kier alpha value is -3.05. The number of carbonyl (C=O) groups is 1. The fourth-order valence-electron chi connectivity index (χ4n) is 2.27. The monoisotopic (exact) mass is 367 g/mol. The minimum atomic E-state index is -0.271. The van der Waals surface area contributed by atoms with Crippen molar-refractivity contribution in [2.75, 3.05) is 17.2 Å². The molecule has 0 saturated heterocycles. The molecule has 26 heavy (non-hydrogen) atoms. The highest BCUT2D eigenvalue weighted by Crippen LogP contribution is 2.24. The Bertz CT molecular complexity index is 883. The Morgan fingerprint density at radius 1 is 1.12 bits per heavy atom. The van der Waals surface area contributed by atoms with Crippen LogP contribution < -0.4 is 15.4 Å². The van der Waals surface area contributed by atoms with E-state index in [0.717, 1.165) is 16.9 Å². The number of benzene rings is 2. The summed E-state index contributed by atoms with van der Waals surface area (Å²) in [5, 5.41) is 6.62. The van der Waals surface area contributed by atoms with Crippen molar-refractivity contribution >= 4 is 34.7 Å². The van der Waals surface area contributed by atoms with Gasteiger partial charge in [-0.3, -0.25) is 4.79 Å². The van der Waals surface area contributed by atoms with E-state index in [-0.39, 0.29) is 12.5 Å². The molecule has 2 N–H and O–H groups in total. The molecule has 0 bridgehead atoms. The molecule has 0 radical (unpaired) electrons. The third-order valence-corrected chi connectivity index (χ3v) is 3.86. The zero-order valence-corrected chi connectivity index (χ0v) is 15.0. The highest BCUT2D eigenvalue weighted by atomic mass is 35.5. The van der Waals surface area contributed by atoms with E-state index < -0.39 is 0 Å². The van der Waals surface area contributed by atoms with Crippen molar-refractivity contribution in [1.29, 1.82) is 0 Å². The predicted octanol–water partition coefficient (Wildman–Crippen LogP) is 4.80. The summed E-state index contributed by atoms with van der Waals surface area (Å²) in [5.41, 5.74) is 2.78. The van der Waals surface area contributed by atoms with Crippen molar-refractivity contribution in [3.8, 4) is 5.75 Å². The molecule has 0 atom stereocenters. The highest BCUT2D eigenvalue weighted by Gasteiger charge is 2.05. The molecule has 0 fully saturated rings. The number of hydrogen-bond acceptors (Lipinski definition) is 4. The van der Waals surface area contributed by atoms with Crippen LogP contribution in [0.15, 0.2) is 66.9 Å². The van der Waals surface area contributed by atoms with Crippen molar-refractivity contribution in [3.63, 3.8) is 0 Å². The predicted molar refractivity (Wildman–Crippen MR) is 104 cm³/mol. The summed E-state index contributed by atoms with van der Waals surface area (Å²) in [6.07, 6.45) is 1.65. The number of anilines is 3. The maximum Gasteiger partial charge on any atom is 0.263 e. The van der Waals surface area contributed by atoms with Crippen LogP contribution in [0, 0.1) is 6.92 Å². The van der Waals surface area contributed by atoms with Crippen molar-refractivity contribution < 1.29 is 9.53 Å². The van der Waals surface area contributed by atoms with Gasteiger partial charge in [-0.05, 0) is 48.9 Å². The van der Waals surface area contributed by atoms with Gasteiger partial charge < -0.3 is 15.4 Å². The Balaban J connectivity index is 1.55. The van der Waals surface area contributed by atoms with Gasteiger partial charge in [0.25, 0.3) is 5.91 Å². The van der Waals surface area contributed by atoms with Crippen LogP contribution in [-0.2, 0) is 4.79 Å². The lowest BCUT2D eigenvalue weighted by Crippen LogP contribution is -2.20. The number of nitrogens with zero attached hydrogens (tertiary/aromatic N) is 1. The lowest BCUT2D eigenvalue weighted by molar-refractivity contribution is -0.118. The topological polar surface area (TPSA) is 63.2 Å². The van der Waals surface area contributed by atoms with Gasteiger partial charge in [-0.2, -0.15) is 0 Å². The summed E-state index contributed by atoms with van der Waals surface area (Å²) >= 11 is 6.02. The van der Waals surface area contributed by atoms with Crippen LogP contribution in [-0.4, -0.2) is 17.5 Å². The molecule has 2 aromatic carbocycles. The van der Waals surface area contributed by atoms with E-state index >= 15 is 0 Å². The van der Waals surface area contributed by atoms with Gasteiger partial charge in [-0.1, -0.05) is 35.9 Å². The Morgan fingerprint density at radius 3 is 2.65 bits per heavy atom. The van der Waals surface area contributed by atoms with Crippen molar-refractivity contribution in [2.45, 2.75) is 6.92 Å². The van der Waals surface area contributed by atoms with E-state index in [4.69, 9.17) is 16.3 Å². The first-order valence-corrected chi connectivity index (χ1v) is 8.45. The van der Waals surface area contributed by atoms with Gasteiger partial charge in [0, 0.05) is 10.7 Å². The largest absolute Gasteiger partial charge is 0.484 e. The number of amides is 1. The van der Waals surface area contributed by atoms with Crippen molar-refractivity contribution in [2.24, 2.45) is 0 Å². The number of nitrogens with one attached hydrogen (secondary N) is 2. The summed E-state index contributed by atoms with van der Waals surface area (Å²) in [4.78, 5) is 16.2. The molecule has 5 nitrogen and oxygen atoms in total. The van der Waals surface area contributed by atoms with Gasteiger partial charge in [-0.25, -0.2) is 4.98 Å². The number of hydrogen-bond donors (Lipinski definition) is 2. The van der Waals surface area contributed by atoms with Crippen molar-refractivity contribution in [1.82, 2.24) is 4.98 Å². The van der Waals surface area contributed by atoms with Gasteiger partial charge in [0.05, 0.1) is 11.9 Å². The molecule has 1 aromatic heterocycles. The van der Waals surface area contributed by atoms with Crippen LogP contribution >= 0.6 is 11.6 Å². The lowest BCUT2D eigenvalue weighted by Gasteiger charge is -2.11. The molecule has 1 amide bonds. The Labute approximate surface area is 157 Å². The number of ether oxygens (including phenoxy) is 1. The van der Waals surface area contributed by atoms with Crippen LogP contribution in [0.5, 0.6) is 5.75 Å². The molecule has 132 valence electrons. The minimum Gasteiger partial charge on any atom is -0.484 e. The standard InChI is InChI=1S/C20H18ClN3O2/c1-14-7-8-15(21)11-18(14)23-16-9-10-19(22-12-16)24-20(25)13-26-17-5-3-2-4-6-17/h2-12,23H,13H2,1H3,(H,22,24,25). The second kappa shape index (κ2) is 8.36. The molecule has 1 heterocycles. The molecule has 0 unspecified atom stereocenters. The van der Waals surface area contributed by atoms with E-state index in [1.54, 1.807) is 24.4 Å². The normalized spacial score (nSPS) is 10.2. The van der Waals surface area contributed by atoms with Gasteiger partial charge in [0.15, 0.2) is 6.61 Å². The molecule has 3 aromatic rings. The number of aromatic nitrogens is 1. The fourth-order valence-corrected chi connectivity index (χ4v) is 2.44. The molecule has 0 aliphatic carbocycles. The second-order valence-electron chi connectivity index (χ2n) is 5.67. The first kappa shape index (κ1) is 17.8. The summed E-state index contributed by atoms with van der Waals surface area (Å²) < 4.78 is 5.40. The highest BCUT2D eigenvalue weighted by molar-refractivity contribution is 6.30. The van der Waals surface area contributed by atoms with Crippen LogP contribution in [0.2, 0.25) is 5.02 Å². The quantitative estimate of drug-likeness (QED) is 0.656. The van der Waals surface area contributed by atoms with Crippen molar-refractivity contribution in [3.05, 3.63) is 77.4 Å². The number of aryl methyl sites for hydroxylation is 1. The van der Waals surface area contributed by atoms with Gasteiger partial charge in [0.2, 0.25) is 0 Å². The summed E-state index contributed by atoms with van der Waals surface area (Å²) in [6.45, 7) is 1.92. The zero-order chi connectivity index (χ0) is 18.4. The third-order valence-electron chi connectivity index (χ3n) is 3.62. The van der Waals surface area contributed by atoms with Crippen LogP contribution in [0.3, 0.4) is 0 Å². The number of rotatable bonds is 6. The number of para-hydroxylation sites is 1. The van der Waals surface area contributed by atoms with E-state index in [1.165, 1.54) is 0 Å². The molecule has 0 aliphatic rings. The van der Waals surface area contributed by atoms with E-state index in [9.17, 15) is 4.79 Å². The average Bonchev–Trinajstić information content (AvgIpc) is 2.65. The summed E-state index contributed by atoms with van der Waals surface area (Å²) in [5.74, 6) is 0.833. The molecule has 0 saturated carbocycles. The lowest BCUT2D eigenvalue weighted by atomic mass is 10.2. The number of pyridine rings is 1. The van der Waals surface area contributed by atoms with Crippen LogP contribution in [0.4, 0.5) is 17.2 Å². The maximum absolute atomic E-state index is 11.9. The maximum atomic E-state index is 11.9. The van der Waals surface area contributed by atoms with Crippen LogP contribution in [0.25, 0.3) is 0 Å². The van der Waals surface area contributed by atoms with E-state index in [1.807, 2.05) is 49.4 Å². The molecule has 0 aliphatic heterocycles. The first-order chi connectivity index (χ1) is 12.6. The average molecular weight is 368 g/mol. The van der Waals surface area contributed by atoms with Gasteiger partial charge >= 0.3 is 0 Å². The second-order valence-corrected chi connectivity index (χ2v) is 6.10. The molecule has 3 rings (SSSR count). The van der Waals surface area contributed by atoms with Gasteiger partial charge in [0.1, 0.15) is 11.6 Å². The molecular formula is C20H18ClN3O2. The van der Waals surface area contributed by atoms with Gasteiger partial charge in [-0.15, -0.1) is 0 Å². The van der Waals surface area contributed by atoms with E-state index in [2.05, 4.69) is 15.6 Å². The zero-order valence-electron chi connectivity index (χ0n) is 14.2. The third kappa shape index (κ3) is 4.97. The molecular weight excluding hydrogens is 350 g/mol. The SMILES string of the molecule is Cc1ccc(Cl)cc1Nc1ccc(NC(=O)COc2ccccc2)nc1. The van der Waals surface area contributed by atoms with Crippen LogP contribution in [0.1, 0.15) is 5.56 Å².